The number of aliphatic hydroxyl groups excluding tert-OH is 1. The van der Waals surface area contributed by atoms with Gasteiger partial charge in [-0.25, -0.2) is 0 Å². The van der Waals surface area contributed by atoms with Gasteiger partial charge in [0.15, 0.2) is 0 Å². The van der Waals surface area contributed by atoms with Gasteiger partial charge in [-0.15, -0.1) is 0 Å². The van der Waals surface area contributed by atoms with Crippen LogP contribution < -0.4 is 3.07 Å². The minimum atomic E-state index is 0.212. The van der Waals surface area contributed by atoms with Gasteiger partial charge >= 0.3 is 95.1 Å². The van der Waals surface area contributed by atoms with Crippen LogP contribution in [0.25, 0.3) is 0 Å². The number of hydrogen-bond acceptors (Lipinski definition) is 2. The normalized spacial score (nSPS) is 10.4. The molecule has 1 aromatic carbocycles. The Hall–Kier alpha value is 0.0751. The van der Waals surface area contributed by atoms with Crippen LogP contribution >= 0.6 is 0 Å². The first-order valence-corrected chi connectivity index (χ1v) is 7.17. The Bertz CT molecular complexity index is 250. The van der Waals surface area contributed by atoms with E-state index in [9.17, 15) is 0 Å². The summed E-state index contributed by atoms with van der Waals surface area (Å²) in [6.07, 6.45) is 0.726. The molecule has 1 N–H and O–H groups in total. The van der Waals surface area contributed by atoms with E-state index in [4.69, 9.17) is 9.84 Å². The van der Waals surface area contributed by atoms with E-state index in [1.54, 1.807) is 0 Å². The van der Waals surface area contributed by atoms with Crippen LogP contribution in [-0.4, -0.2) is 18.3 Å². The Morgan fingerprint density at radius 2 is 2.23 bits per heavy atom. The van der Waals surface area contributed by atoms with Crippen molar-refractivity contribution in [3.8, 4) is 0 Å². The quantitative estimate of drug-likeness (QED) is 0.616. The molecule has 0 saturated carbocycles. The third-order valence-corrected chi connectivity index (χ3v) is 3.42. The average molecular weight is 366 g/mol. The average Bonchev–Trinajstić information content (AvgIpc) is 2.13. The van der Waals surface area contributed by atoms with Crippen molar-refractivity contribution >= 4 is 3.07 Å². The zero-order valence-electron chi connectivity index (χ0n) is 7.70. The second-order valence-corrected chi connectivity index (χ2v) is 6.12. The second kappa shape index (κ2) is 6.52. The first-order valence-electron chi connectivity index (χ1n) is 4.42. The fourth-order valence-corrected chi connectivity index (χ4v) is 2.62. The predicted octanol–water partition coefficient (Wildman–Crippen LogP) is 0.758. The molecule has 0 atom stereocenters. The van der Waals surface area contributed by atoms with E-state index >= 15 is 0 Å². The van der Waals surface area contributed by atoms with Crippen LogP contribution in [0, 0.1) is 0 Å². The molecule has 0 fully saturated rings. The van der Waals surface area contributed by atoms with Gasteiger partial charge in [0.1, 0.15) is 0 Å². The van der Waals surface area contributed by atoms with Gasteiger partial charge in [-0.3, -0.25) is 0 Å². The number of hydrogen-bond donors (Lipinski definition) is 1. The molecule has 0 unspecified atom stereocenters. The van der Waals surface area contributed by atoms with Gasteiger partial charge in [-0.1, -0.05) is 0 Å². The van der Waals surface area contributed by atoms with Gasteiger partial charge in [0.05, 0.1) is 0 Å². The summed E-state index contributed by atoms with van der Waals surface area (Å²) in [5.41, 5.74) is 1.24. The van der Waals surface area contributed by atoms with Crippen LogP contribution in [0.5, 0.6) is 0 Å². The summed E-state index contributed by atoms with van der Waals surface area (Å²) in [6, 6.07) is 8.50. The Morgan fingerprint density at radius 3 is 2.92 bits per heavy atom. The van der Waals surface area contributed by atoms with Crippen molar-refractivity contribution in [2.24, 2.45) is 0 Å². The Kier molecular flexibility index (Phi) is 5.59. The second-order valence-electron chi connectivity index (χ2n) is 2.95. The SMILES string of the molecule is OCCCOCc1ccc[c]([Hg])c1. The topological polar surface area (TPSA) is 29.5 Å². The fraction of sp³-hybridized carbons (Fsp3) is 0.400. The molecule has 0 amide bonds. The van der Waals surface area contributed by atoms with Crippen LogP contribution in [0.4, 0.5) is 0 Å². The summed E-state index contributed by atoms with van der Waals surface area (Å²) in [5.74, 6) is 0. The molecule has 2 nitrogen and oxygen atoms in total. The van der Waals surface area contributed by atoms with Gasteiger partial charge in [0.25, 0.3) is 0 Å². The van der Waals surface area contributed by atoms with Crippen molar-refractivity contribution in [1.82, 2.24) is 0 Å². The fourth-order valence-electron chi connectivity index (χ4n) is 1.08. The molecule has 0 aliphatic rings. The summed E-state index contributed by atoms with van der Waals surface area (Å²) >= 11 is 0.695. The van der Waals surface area contributed by atoms with Gasteiger partial charge < -0.3 is 0 Å². The summed E-state index contributed by atoms with van der Waals surface area (Å²) < 4.78 is 6.82. The third-order valence-electron chi connectivity index (χ3n) is 1.71. The van der Waals surface area contributed by atoms with Crippen molar-refractivity contribution in [3.63, 3.8) is 0 Å². The Labute approximate surface area is 94.9 Å². The number of benzene rings is 1. The Morgan fingerprint density at radius 1 is 1.38 bits per heavy atom. The molecule has 67 valence electrons. The molecular formula is C10H13HgO2. The number of rotatable bonds is 5. The summed E-state index contributed by atoms with van der Waals surface area (Å²) in [4.78, 5) is 0. The molecular weight excluding hydrogens is 353 g/mol. The van der Waals surface area contributed by atoms with E-state index in [1.165, 1.54) is 8.64 Å². The predicted molar refractivity (Wildman–Crippen MR) is 47.4 cm³/mol. The van der Waals surface area contributed by atoms with E-state index in [0.29, 0.717) is 39.3 Å². The van der Waals surface area contributed by atoms with Crippen LogP contribution in [0.2, 0.25) is 0 Å². The van der Waals surface area contributed by atoms with Crippen molar-refractivity contribution in [2.75, 3.05) is 13.2 Å². The van der Waals surface area contributed by atoms with E-state index in [2.05, 4.69) is 24.3 Å². The van der Waals surface area contributed by atoms with Gasteiger partial charge in [-0.2, -0.15) is 0 Å². The summed E-state index contributed by atoms with van der Waals surface area (Å²) in [5, 5.41) is 8.54. The first-order chi connectivity index (χ1) is 6.33. The third kappa shape index (κ3) is 4.74. The first kappa shape index (κ1) is 11.2. The van der Waals surface area contributed by atoms with Crippen molar-refractivity contribution in [2.45, 2.75) is 13.0 Å². The molecule has 0 radical (unpaired) electrons. The minimum absolute atomic E-state index is 0.212. The standard InChI is InChI=1S/C10H13O2.Hg/c11-7-4-8-12-9-10-5-2-1-3-6-10;/h1-2,5-6,11H,4,7-9H2;. The van der Waals surface area contributed by atoms with Crippen LogP contribution in [-0.2, 0) is 37.5 Å². The molecule has 1 rings (SSSR count). The van der Waals surface area contributed by atoms with E-state index in [0.717, 1.165) is 6.42 Å². The van der Waals surface area contributed by atoms with Crippen LogP contribution in [0.3, 0.4) is 0 Å². The maximum absolute atomic E-state index is 8.54. The Balaban J connectivity index is 2.28. The summed E-state index contributed by atoms with van der Waals surface area (Å²) in [6.45, 7) is 1.53. The van der Waals surface area contributed by atoms with E-state index in [1.807, 2.05) is 0 Å². The molecule has 0 aliphatic carbocycles. The molecule has 0 heterocycles. The molecule has 0 aliphatic heterocycles. The molecule has 1 aromatic rings. The van der Waals surface area contributed by atoms with Crippen molar-refractivity contribution < 1.29 is 36.0 Å². The molecule has 0 saturated heterocycles. The zero-order valence-corrected chi connectivity index (χ0v) is 13.2. The molecule has 0 spiro atoms. The van der Waals surface area contributed by atoms with Gasteiger partial charge in [-0.05, 0) is 0 Å². The molecule has 13 heavy (non-hydrogen) atoms. The molecule has 0 aromatic heterocycles. The monoisotopic (exact) mass is 367 g/mol. The van der Waals surface area contributed by atoms with E-state index < -0.39 is 0 Å². The molecule has 3 heteroatoms. The van der Waals surface area contributed by atoms with Gasteiger partial charge in [0, 0.05) is 0 Å². The number of aliphatic hydroxyl groups is 1. The van der Waals surface area contributed by atoms with Crippen molar-refractivity contribution in [3.05, 3.63) is 29.8 Å². The maximum atomic E-state index is 8.54. The van der Waals surface area contributed by atoms with Gasteiger partial charge in [0.2, 0.25) is 0 Å². The summed E-state index contributed by atoms with van der Waals surface area (Å²) in [7, 11) is 0. The zero-order chi connectivity index (χ0) is 9.52. The van der Waals surface area contributed by atoms with E-state index in [-0.39, 0.29) is 6.61 Å². The van der Waals surface area contributed by atoms with Crippen LogP contribution in [0.1, 0.15) is 12.0 Å². The number of ether oxygens (including phenoxy) is 1. The van der Waals surface area contributed by atoms with Crippen molar-refractivity contribution in [1.29, 1.82) is 0 Å². The molecule has 0 bridgehead atoms. The van der Waals surface area contributed by atoms with Crippen LogP contribution in [0.15, 0.2) is 24.3 Å².